The molecule has 0 aliphatic carbocycles. The molecule has 0 bridgehead atoms. The average Bonchev–Trinajstić information content (AvgIpc) is 2.29. The molecule has 0 radical (unpaired) electrons. The van der Waals surface area contributed by atoms with Crippen LogP contribution in [0.1, 0.15) is 5.56 Å². The molecule has 0 unspecified atom stereocenters. The number of rotatable bonds is 0. The molecule has 72 valence electrons. The van der Waals surface area contributed by atoms with Gasteiger partial charge in [-0.2, -0.15) is 0 Å². The Balaban J connectivity index is 2.64. The molecule has 1 aromatic carbocycles. The van der Waals surface area contributed by atoms with Gasteiger partial charge in [0.2, 0.25) is 6.54 Å². The van der Waals surface area contributed by atoms with E-state index in [1.54, 1.807) is 24.3 Å². The maximum Gasteiger partial charge on any atom is 0.200 e. The number of hydrogen-bond acceptors (Lipinski definition) is 2. The molecule has 3 nitrogen and oxygen atoms in total. The Morgan fingerprint density at radius 2 is 2.14 bits per heavy atom. The summed E-state index contributed by atoms with van der Waals surface area (Å²) in [7, 11) is 0. The highest BCUT2D eigenvalue weighted by Gasteiger charge is 2.13. The molecular formula is C9H6Cl2N2O. The van der Waals surface area contributed by atoms with E-state index in [9.17, 15) is 5.21 Å². The molecule has 0 amide bonds. The largest absolute Gasteiger partial charge is 0.599 e. The van der Waals surface area contributed by atoms with E-state index in [1.807, 2.05) is 0 Å². The monoisotopic (exact) mass is 228 g/mol. The van der Waals surface area contributed by atoms with Gasteiger partial charge in [0.05, 0.1) is 5.03 Å². The van der Waals surface area contributed by atoms with Gasteiger partial charge in [0.25, 0.3) is 0 Å². The van der Waals surface area contributed by atoms with Crippen LogP contribution < -0.4 is 0 Å². The van der Waals surface area contributed by atoms with Crippen molar-refractivity contribution in [2.45, 2.75) is 0 Å². The van der Waals surface area contributed by atoms with Crippen LogP contribution in [-0.4, -0.2) is 11.4 Å². The lowest BCUT2D eigenvalue weighted by Crippen LogP contribution is -1.96. The van der Waals surface area contributed by atoms with Crippen LogP contribution in [0.15, 0.2) is 29.4 Å². The summed E-state index contributed by atoms with van der Waals surface area (Å²) < 4.78 is 0. The Morgan fingerprint density at radius 1 is 1.36 bits per heavy atom. The van der Waals surface area contributed by atoms with E-state index < -0.39 is 0 Å². The maximum absolute atomic E-state index is 11.1. The lowest BCUT2D eigenvalue weighted by molar-refractivity contribution is -0.513. The number of nitrogens with zero attached hydrogens (tertiary/aromatic N) is 2. The Kier molecular flexibility index (Phi) is 2.44. The number of fused-ring (bicyclic) bond motifs is 1. The minimum absolute atomic E-state index is 0.158. The zero-order chi connectivity index (χ0) is 10.1. The molecule has 0 saturated heterocycles. The molecule has 5 heteroatoms. The Bertz CT molecular complexity index is 440. The van der Waals surface area contributed by atoms with Crippen LogP contribution in [0.4, 0.5) is 5.69 Å². The number of azo groups is 1. The molecule has 14 heavy (non-hydrogen) atoms. The zero-order valence-electron chi connectivity index (χ0n) is 7.08. The van der Waals surface area contributed by atoms with Crippen molar-refractivity contribution >= 4 is 33.9 Å². The summed E-state index contributed by atoms with van der Waals surface area (Å²) in [5.74, 6) is 0. The first-order valence-electron chi connectivity index (χ1n) is 3.99. The second-order valence-corrected chi connectivity index (χ2v) is 3.69. The summed E-state index contributed by atoms with van der Waals surface area (Å²) in [4.78, 5) is 0.585. The van der Waals surface area contributed by atoms with Gasteiger partial charge >= 0.3 is 0 Å². The molecule has 0 atom stereocenters. The molecule has 1 aromatic rings. The Morgan fingerprint density at radius 3 is 2.93 bits per heavy atom. The third kappa shape index (κ3) is 1.74. The fourth-order valence-corrected chi connectivity index (χ4v) is 1.61. The molecule has 0 aromatic heterocycles. The molecular weight excluding hydrogens is 223 g/mol. The van der Waals surface area contributed by atoms with Gasteiger partial charge in [-0.3, -0.25) is 0 Å². The van der Waals surface area contributed by atoms with Gasteiger partial charge in [-0.15, -0.1) is 0 Å². The Labute approximate surface area is 90.8 Å². The van der Waals surface area contributed by atoms with E-state index in [-0.39, 0.29) is 6.54 Å². The molecule has 1 aliphatic rings. The van der Waals surface area contributed by atoms with Crippen molar-refractivity contribution in [2.75, 3.05) is 6.54 Å². The zero-order valence-corrected chi connectivity index (χ0v) is 8.59. The van der Waals surface area contributed by atoms with Crippen molar-refractivity contribution < 1.29 is 4.86 Å². The predicted molar refractivity (Wildman–Crippen MR) is 55.9 cm³/mol. The van der Waals surface area contributed by atoms with Crippen molar-refractivity contribution in [1.82, 2.24) is 0 Å². The van der Waals surface area contributed by atoms with Gasteiger partial charge in [-0.05, 0) is 18.2 Å². The number of benzene rings is 1. The predicted octanol–water partition coefficient (Wildman–Crippen LogP) is 3.53. The van der Waals surface area contributed by atoms with E-state index in [4.69, 9.17) is 23.2 Å². The van der Waals surface area contributed by atoms with E-state index in [0.717, 1.165) is 0 Å². The minimum atomic E-state index is 0.158. The highest BCUT2D eigenvalue weighted by molar-refractivity contribution is 6.49. The molecule has 0 spiro atoms. The SMILES string of the molecule is [O-][N+]1=Nc2ccc(Cl)cc2C(Cl)=CC1. The van der Waals surface area contributed by atoms with Gasteiger partial charge in [0.15, 0.2) is 0 Å². The lowest BCUT2D eigenvalue weighted by atomic mass is 10.1. The van der Waals surface area contributed by atoms with Crippen molar-refractivity contribution in [3.8, 4) is 0 Å². The normalized spacial score (nSPS) is 15.3. The smallest absolute Gasteiger partial charge is 0.200 e. The van der Waals surface area contributed by atoms with Crippen molar-refractivity contribution in [1.29, 1.82) is 0 Å². The van der Waals surface area contributed by atoms with Crippen LogP contribution in [0.2, 0.25) is 5.02 Å². The van der Waals surface area contributed by atoms with E-state index in [1.165, 1.54) is 0 Å². The van der Waals surface area contributed by atoms with Crippen LogP contribution in [0.5, 0.6) is 0 Å². The standard InChI is InChI=1S/C9H6Cl2N2O/c10-6-1-2-9-7(5-6)8(11)3-4-13(14)12-9/h1-3,5H,4H2. The van der Waals surface area contributed by atoms with Gasteiger partial charge in [0.1, 0.15) is 5.69 Å². The minimum Gasteiger partial charge on any atom is -0.599 e. The molecule has 0 fully saturated rings. The first-order chi connectivity index (χ1) is 6.66. The van der Waals surface area contributed by atoms with Crippen LogP contribution in [0.25, 0.3) is 5.03 Å². The number of halogens is 2. The molecule has 1 aliphatic heterocycles. The number of hydroxylamine groups is 1. The fraction of sp³-hybridized carbons (Fsp3) is 0.111. The second-order valence-electron chi connectivity index (χ2n) is 2.85. The van der Waals surface area contributed by atoms with Crippen molar-refractivity contribution in [3.63, 3.8) is 0 Å². The van der Waals surface area contributed by atoms with E-state index >= 15 is 0 Å². The van der Waals surface area contributed by atoms with Gasteiger partial charge in [0, 0.05) is 21.8 Å². The third-order valence-electron chi connectivity index (χ3n) is 1.86. The summed E-state index contributed by atoms with van der Waals surface area (Å²) in [6.45, 7) is 0.158. The highest BCUT2D eigenvalue weighted by atomic mass is 35.5. The fourth-order valence-electron chi connectivity index (χ4n) is 1.22. The van der Waals surface area contributed by atoms with Gasteiger partial charge in [-0.1, -0.05) is 28.1 Å². The number of hydrogen-bond donors (Lipinski definition) is 0. The van der Waals surface area contributed by atoms with E-state index in [2.05, 4.69) is 5.11 Å². The second kappa shape index (κ2) is 3.59. The summed E-state index contributed by atoms with van der Waals surface area (Å²) >= 11 is 11.8. The first-order valence-corrected chi connectivity index (χ1v) is 4.74. The van der Waals surface area contributed by atoms with Crippen molar-refractivity contribution in [3.05, 3.63) is 40.1 Å². The topological polar surface area (TPSA) is 38.4 Å². The summed E-state index contributed by atoms with van der Waals surface area (Å²) in [6.07, 6.45) is 1.61. The highest BCUT2D eigenvalue weighted by Crippen LogP contribution is 2.33. The summed E-state index contributed by atoms with van der Waals surface area (Å²) in [5, 5.41) is 16.0. The molecule has 1 heterocycles. The van der Waals surface area contributed by atoms with Crippen LogP contribution in [-0.2, 0) is 0 Å². The maximum atomic E-state index is 11.1. The molecule has 2 rings (SSSR count). The third-order valence-corrected chi connectivity index (χ3v) is 2.45. The van der Waals surface area contributed by atoms with Crippen LogP contribution in [0, 0.1) is 5.21 Å². The lowest BCUT2D eigenvalue weighted by Gasteiger charge is -2.00. The summed E-state index contributed by atoms with van der Waals surface area (Å²) in [5.41, 5.74) is 1.24. The Hall–Kier alpha value is -1.06. The molecule has 0 saturated carbocycles. The summed E-state index contributed by atoms with van der Waals surface area (Å²) in [6, 6.07) is 5.04. The van der Waals surface area contributed by atoms with Gasteiger partial charge in [-0.25, -0.2) is 0 Å². The quantitative estimate of drug-likeness (QED) is 0.495. The van der Waals surface area contributed by atoms with Crippen molar-refractivity contribution in [2.24, 2.45) is 5.11 Å². The average molecular weight is 229 g/mol. The van der Waals surface area contributed by atoms with Crippen LogP contribution >= 0.6 is 23.2 Å². The van der Waals surface area contributed by atoms with E-state index in [0.29, 0.717) is 26.2 Å². The first kappa shape index (κ1) is 9.49. The molecule has 0 N–H and O–H groups in total. The van der Waals surface area contributed by atoms with Gasteiger partial charge < -0.3 is 5.21 Å². The van der Waals surface area contributed by atoms with Crippen LogP contribution in [0.3, 0.4) is 0 Å².